The summed E-state index contributed by atoms with van der Waals surface area (Å²) in [6.45, 7) is 0. The zero-order valence-electron chi connectivity index (χ0n) is 12.4. The maximum absolute atomic E-state index is 11.4. The number of esters is 1. The van der Waals surface area contributed by atoms with Gasteiger partial charge in [0.05, 0.1) is 12.5 Å². The van der Waals surface area contributed by atoms with Crippen LogP contribution >= 0.6 is 0 Å². The summed E-state index contributed by atoms with van der Waals surface area (Å²) in [5.41, 5.74) is 0. The minimum absolute atomic E-state index is 0.0245. The summed E-state index contributed by atoms with van der Waals surface area (Å²) in [6, 6.07) is 7.22. The number of hydrogen-bond acceptors (Lipinski definition) is 6. The largest absolute Gasteiger partial charge is 0.462 e. The molecule has 3 aliphatic rings. The summed E-state index contributed by atoms with van der Waals surface area (Å²) < 4.78 is 16.3. The number of aliphatic hydroxyl groups is 2. The molecule has 0 spiro atoms. The molecule has 2 heterocycles. The molecule has 2 fully saturated rings. The molecule has 0 amide bonds. The third kappa shape index (κ3) is 2.58. The first-order valence-corrected chi connectivity index (χ1v) is 7.78. The molecule has 2 aliphatic heterocycles. The number of para-hydroxylation sites is 2. The fraction of sp³-hybridized carbons (Fsp3) is 0.471. The van der Waals surface area contributed by atoms with Crippen molar-refractivity contribution in [3.05, 3.63) is 36.4 Å². The molecule has 23 heavy (non-hydrogen) atoms. The molecule has 5 atom stereocenters. The van der Waals surface area contributed by atoms with Crippen molar-refractivity contribution in [3.63, 3.8) is 0 Å². The van der Waals surface area contributed by atoms with E-state index in [0.29, 0.717) is 24.3 Å². The van der Waals surface area contributed by atoms with Gasteiger partial charge in [0.2, 0.25) is 0 Å². The van der Waals surface area contributed by atoms with E-state index in [0.717, 1.165) is 0 Å². The van der Waals surface area contributed by atoms with E-state index in [1.165, 1.54) is 0 Å². The average molecular weight is 318 g/mol. The highest BCUT2D eigenvalue weighted by atomic mass is 16.7. The predicted octanol–water partition coefficient (Wildman–Crippen LogP) is 1.01. The van der Waals surface area contributed by atoms with Gasteiger partial charge >= 0.3 is 5.97 Å². The Labute approximate surface area is 133 Å². The van der Waals surface area contributed by atoms with Crippen LogP contribution in [0.5, 0.6) is 11.5 Å². The second-order valence-corrected chi connectivity index (χ2v) is 6.20. The normalized spacial score (nSPS) is 33.9. The molecule has 0 radical (unpaired) electrons. The molecule has 0 aromatic heterocycles. The molecular formula is C17H18O6. The standard InChI is InChI=1S/C17H18O6/c18-11(17-22-13-3-1-2-4-14(13)23-17)6-5-9-10-7-16(20)21-15(10)8-12(9)19/h1-6,9-12,15,17-19H,7-8H2/b6-5+/t9-,10-,11-,12-,15+/m1/s1. The van der Waals surface area contributed by atoms with E-state index in [2.05, 4.69) is 0 Å². The van der Waals surface area contributed by atoms with Gasteiger partial charge in [0.15, 0.2) is 11.5 Å². The molecule has 6 nitrogen and oxygen atoms in total. The van der Waals surface area contributed by atoms with E-state index in [1.807, 2.05) is 12.1 Å². The lowest BCUT2D eigenvalue weighted by Crippen LogP contribution is -2.32. The Morgan fingerprint density at radius 2 is 1.87 bits per heavy atom. The monoisotopic (exact) mass is 318 g/mol. The van der Waals surface area contributed by atoms with Crippen LogP contribution in [-0.4, -0.2) is 40.8 Å². The van der Waals surface area contributed by atoms with Crippen LogP contribution in [-0.2, 0) is 9.53 Å². The fourth-order valence-corrected chi connectivity index (χ4v) is 3.58. The summed E-state index contributed by atoms with van der Waals surface area (Å²) in [5.74, 6) is 0.749. The maximum atomic E-state index is 11.4. The van der Waals surface area contributed by atoms with Crippen molar-refractivity contribution in [1.29, 1.82) is 0 Å². The number of rotatable bonds is 3. The summed E-state index contributed by atoms with van der Waals surface area (Å²) >= 11 is 0. The molecular weight excluding hydrogens is 300 g/mol. The van der Waals surface area contributed by atoms with Crippen molar-refractivity contribution in [1.82, 2.24) is 0 Å². The zero-order valence-corrected chi connectivity index (χ0v) is 12.4. The zero-order chi connectivity index (χ0) is 16.0. The molecule has 6 heteroatoms. The smallest absolute Gasteiger partial charge is 0.306 e. The van der Waals surface area contributed by atoms with Crippen LogP contribution in [0.25, 0.3) is 0 Å². The highest BCUT2D eigenvalue weighted by molar-refractivity contribution is 5.72. The van der Waals surface area contributed by atoms with Gasteiger partial charge in [-0.15, -0.1) is 0 Å². The van der Waals surface area contributed by atoms with Crippen molar-refractivity contribution >= 4 is 5.97 Å². The summed E-state index contributed by atoms with van der Waals surface area (Å²) in [7, 11) is 0. The Morgan fingerprint density at radius 1 is 1.17 bits per heavy atom. The van der Waals surface area contributed by atoms with Gasteiger partial charge in [0, 0.05) is 18.3 Å². The van der Waals surface area contributed by atoms with Crippen molar-refractivity contribution < 1.29 is 29.2 Å². The third-order valence-corrected chi connectivity index (χ3v) is 4.72. The minimum atomic E-state index is -0.966. The molecule has 1 aromatic rings. The number of hydrogen-bond donors (Lipinski definition) is 2. The van der Waals surface area contributed by atoms with Crippen molar-refractivity contribution in [2.24, 2.45) is 11.8 Å². The highest BCUT2D eigenvalue weighted by Gasteiger charge is 2.48. The van der Waals surface area contributed by atoms with Crippen LogP contribution < -0.4 is 9.47 Å². The number of fused-ring (bicyclic) bond motifs is 2. The predicted molar refractivity (Wildman–Crippen MR) is 78.7 cm³/mol. The third-order valence-electron chi connectivity index (χ3n) is 4.72. The van der Waals surface area contributed by atoms with E-state index >= 15 is 0 Å². The Balaban J connectivity index is 1.42. The molecule has 1 saturated heterocycles. The molecule has 1 aromatic carbocycles. The average Bonchev–Trinajstić information content (AvgIpc) is 3.17. The van der Waals surface area contributed by atoms with Gasteiger partial charge in [-0.25, -0.2) is 0 Å². The van der Waals surface area contributed by atoms with Gasteiger partial charge in [-0.3, -0.25) is 4.79 Å². The van der Waals surface area contributed by atoms with Gasteiger partial charge < -0.3 is 24.4 Å². The number of ether oxygens (including phenoxy) is 3. The summed E-state index contributed by atoms with van der Waals surface area (Å²) in [6.07, 6.45) is 1.52. The number of carbonyl (C=O) groups excluding carboxylic acids is 1. The second kappa shape index (κ2) is 5.54. The van der Waals surface area contributed by atoms with E-state index in [-0.39, 0.29) is 23.9 Å². The SMILES string of the molecule is O=C1C[C@@H]2[C@@H](/C=C/[C@@H](O)C3Oc4ccccc4O3)[C@H](O)C[C@@H]2O1. The van der Waals surface area contributed by atoms with Crippen molar-refractivity contribution in [2.45, 2.75) is 37.4 Å². The summed E-state index contributed by atoms with van der Waals surface area (Å²) in [4.78, 5) is 11.4. The van der Waals surface area contributed by atoms with Gasteiger partial charge in [0.25, 0.3) is 6.29 Å². The van der Waals surface area contributed by atoms with E-state index in [1.54, 1.807) is 24.3 Å². The van der Waals surface area contributed by atoms with Crippen LogP contribution in [0.15, 0.2) is 36.4 Å². The minimum Gasteiger partial charge on any atom is -0.462 e. The molecule has 0 bridgehead atoms. The molecule has 0 unspecified atom stereocenters. The lowest BCUT2D eigenvalue weighted by atomic mass is 9.91. The quantitative estimate of drug-likeness (QED) is 0.639. The van der Waals surface area contributed by atoms with E-state index < -0.39 is 18.5 Å². The van der Waals surface area contributed by atoms with Crippen LogP contribution in [0.3, 0.4) is 0 Å². The first kappa shape index (κ1) is 14.5. The maximum Gasteiger partial charge on any atom is 0.306 e. The van der Waals surface area contributed by atoms with Gasteiger partial charge in [-0.1, -0.05) is 24.3 Å². The van der Waals surface area contributed by atoms with E-state index in [4.69, 9.17) is 14.2 Å². The lowest BCUT2D eigenvalue weighted by Gasteiger charge is -2.17. The number of aliphatic hydroxyl groups excluding tert-OH is 2. The molecule has 1 aliphatic carbocycles. The molecule has 4 rings (SSSR count). The topological polar surface area (TPSA) is 85.2 Å². The second-order valence-electron chi connectivity index (χ2n) is 6.20. The van der Waals surface area contributed by atoms with Crippen LogP contribution in [0, 0.1) is 11.8 Å². The van der Waals surface area contributed by atoms with Crippen molar-refractivity contribution in [2.75, 3.05) is 0 Å². The van der Waals surface area contributed by atoms with Gasteiger partial charge in [-0.05, 0) is 12.1 Å². The highest BCUT2D eigenvalue weighted by Crippen LogP contribution is 2.42. The Morgan fingerprint density at radius 3 is 2.57 bits per heavy atom. The van der Waals surface area contributed by atoms with E-state index in [9.17, 15) is 15.0 Å². The first-order chi connectivity index (χ1) is 11.1. The summed E-state index contributed by atoms with van der Waals surface area (Å²) in [5, 5.41) is 20.4. The Kier molecular flexibility index (Phi) is 3.50. The molecule has 122 valence electrons. The van der Waals surface area contributed by atoms with Gasteiger partial charge in [0.1, 0.15) is 12.2 Å². The van der Waals surface area contributed by atoms with Crippen molar-refractivity contribution in [3.8, 4) is 11.5 Å². The number of benzene rings is 1. The van der Waals surface area contributed by atoms with Gasteiger partial charge in [-0.2, -0.15) is 0 Å². The molecule has 1 saturated carbocycles. The van der Waals surface area contributed by atoms with Crippen LogP contribution in [0.4, 0.5) is 0 Å². The number of carbonyl (C=O) groups is 1. The molecule has 2 N–H and O–H groups in total. The van der Waals surface area contributed by atoms with Crippen LogP contribution in [0.2, 0.25) is 0 Å². The Hall–Kier alpha value is -2.05. The first-order valence-electron chi connectivity index (χ1n) is 7.78. The fourth-order valence-electron chi connectivity index (χ4n) is 3.58. The van der Waals surface area contributed by atoms with Crippen LogP contribution in [0.1, 0.15) is 12.8 Å². The lowest BCUT2D eigenvalue weighted by molar-refractivity contribution is -0.141. The Bertz CT molecular complexity index is 617.